The zero-order chi connectivity index (χ0) is 12.0. The van der Waals surface area contributed by atoms with E-state index in [4.69, 9.17) is 10.5 Å². The average Bonchev–Trinajstić information content (AvgIpc) is 2.62. The summed E-state index contributed by atoms with van der Waals surface area (Å²) >= 11 is 0. The first kappa shape index (κ1) is 13.9. The second kappa shape index (κ2) is 6.54. The predicted molar refractivity (Wildman–Crippen MR) is 63.6 cm³/mol. The Bertz CT molecular complexity index is 292. The van der Waals surface area contributed by atoms with Gasteiger partial charge in [-0.1, -0.05) is 6.42 Å². The van der Waals surface area contributed by atoms with Crippen LogP contribution in [0.4, 0.5) is 0 Å². The van der Waals surface area contributed by atoms with Gasteiger partial charge in [-0.3, -0.25) is 0 Å². The van der Waals surface area contributed by atoms with Crippen molar-refractivity contribution in [2.24, 2.45) is 11.7 Å². The Hall–Kier alpha value is -0.170. The van der Waals surface area contributed by atoms with Crippen molar-refractivity contribution in [2.45, 2.75) is 31.7 Å². The lowest BCUT2D eigenvalue weighted by Crippen LogP contribution is -2.37. The number of nitrogens with two attached hydrogens (primary N) is 1. The molecule has 0 radical (unpaired) electrons. The summed E-state index contributed by atoms with van der Waals surface area (Å²) in [4.78, 5) is 0. The van der Waals surface area contributed by atoms with Crippen LogP contribution in [0.5, 0.6) is 0 Å². The van der Waals surface area contributed by atoms with Crippen LogP contribution in [0.25, 0.3) is 0 Å². The fraction of sp³-hybridized carbons (Fsp3) is 1.00. The minimum absolute atomic E-state index is 0.128. The zero-order valence-corrected chi connectivity index (χ0v) is 10.6. The molecular formula is C10H22N2O3S. The maximum Gasteiger partial charge on any atom is 0.211 e. The minimum atomic E-state index is -3.15. The van der Waals surface area contributed by atoms with Crippen molar-refractivity contribution in [3.63, 3.8) is 0 Å². The number of hydrogen-bond acceptors (Lipinski definition) is 4. The topological polar surface area (TPSA) is 81.4 Å². The van der Waals surface area contributed by atoms with Crippen molar-refractivity contribution in [3.8, 4) is 0 Å². The maximum absolute atomic E-state index is 11.6. The highest BCUT2D eigenvalue weighted by Crippen LogP contribution is 2.23. The van der Waals surface area contributed by atoms with E-state index in [1.54, 1.807) is 7.11 Å². The number of rotatable bonds is 7. The Kier molecular flexibility index (Phi) is 5.68. The van der Waals surface area contributed by atoms with Gasteiger partial charge in [-0.05, 0) is 25.2 Å². The normalized spacial score (nSPS) is 26.1. The molecule has 16 heavy (non-hydrogen) atoms. The van der Waals surface area contributed by atoms with Gasteiger partial charge >= 0.3 is 0 Å². The van der Waals surface area contributed by atoms with Crippen LogP contribution in [0.15, 0.2) is 0 Å². The van der Waals surface area contributed by atoms with Crippen LogP contribution >= 0.6 is 0 Å². The fourth-order valence-corrected chi connectivity index (χ4v) is 3.13. The Balaban J connectivity index is 2.24. The summed E-state index contributed by atoms with van der Waals surface area (Å²) < 4.78 is 30.6. The molecule has 1 aliphatic rings. The smallest absolute Gasteiger partial charge is 0.211 e. The van der Waals surface area contributed by atoms with Gasteiger partial charge in [0, 0.05) is 26.3 Å². The molecule has 0 aromatic carbocycles. The number of ether oxygens (including phenoxy) is 1. The monoisotopic (exact) mass is 250 g/mol. The van der Waals surface area contributed by atoms with E-state index in [0.717, 1.165) is 19.3 Å². The number of sulfonamides is 1. The summed E-state index contributed by atoms with van der Waals surface area (Å²) in [5, 5.41) is 0. The molecule has 1 rings (SSSR count). The SMILES string of the molecule is COCCCS(=O)(=O)NCC1CCCC1N. The van der Waals surface area contributed by atoms with Crippen molar-refractivity contribution in [2.75, 3.05) is 26.0 Å². The first-order chi connectivity index (χ1) is 7.55. The molecule has 0 aromatic heterocycles. The van der Waals surface area contributed by atoms with Crippen LogP contribution in [0.1, 0.15) is 25.7 Å². The van der Waals surface area contributed by atoms with Crippen LogP contribution in [0.3, 0.4) is 0 Å². The van der Waals surface area contributed by atoms with E-state index in [1.807, 2.05) is 0 Å². The molecule has 6 heteroatoms. The van der Waals surface area contributed by atoms with Crippen molar-refractivity contribution in [1.29, 1.82) is 0 Å². The van der Waals surface area contributed by atoms with Crippen molar-refractivity contribution in [3.05, 3.63) is 0 Å². The van der Waals surface area contributed by atoms with Crippen molar-refractivity contribution in [1.82, 2.24) is 4.72 Å². The molecule has 0 amide bonds. The molecule has 2 atom stereocenters. The molecule has 1 fully saturated rings. The van der Waals surface area contributed by atoms with Gasteiger partial charge in [0.2, 0.25) is 10.0 Å². The van der Waals surface area contributed by atoms with Crippen LogP contribution < -0.4 is 10.5 Å². The van der Waals surface area contributed by atoms with E-state index in [2.05, 4.69) is 4.72 Å². The molecule has 5 nitrogen and oxygen atoms in total. The summed E-state index contributed by atoms with van der Waals surface area (Å²) in [6.45, 7) is 0.959. The van der Waals surface area contributed by atoms with Gasteiger partial charge in [-0.15, -0.1) is 0 Å². The molecule has 1 aliphatic carbocycles. The molecule has 2 unspecified atom stereocenters. The number of hydrogen-bond donors (Lipinski definition) is 2. The standard InChI is InChI=1S/C10H22N2O3S/c1-15-6-3-7-16(13,14)12-8-9-4-2-5-10(9)11/h9-10,12H,2-8,11H2,1H3. The third-order valence-electron chi connectivity index (χ3n) is 3.04. The van der Waals surface area contributed by atoms with Crippen LogP contribution in [0, 0.1) is 5.92 Å². The Morgan fingerprint density at radius 1 is 1.44 bits per heavy atom. The van der Waals surface area contributed by atoms with Gasteiger partial charge in [-0.25, -0.2) is 13.1 Å². The molecule has 1 saturated carbocycles. The predicted octanol–water partition coefficient (Wildman–Crippen LogP) is 0.0697. The van der Waals surface area contributed by atoms with Gasteiger partial charge in [0.25, 0.3) is 0 Å². The molecule has 0 aliphatic heterocycles. The third-order valence-corrected chi connectivity index (χ3v) is 4.48. The van der Waals surface area contributed by atoms with E-state index < -0.39 is 10.0 Å². The first-order valence-electron chi connectivity index (χ1n) is 5.77. The minimum Gasteiger partial charge on any atom is -0.385 e. The molecule has 0 bridgehead atoms. The first-order valence-corrected chi connectivity index (χ1v) is 7.42. The molecule has 3 N–H and O–H groups in total. The summed E-state index contributed by atoms with van der Waals surface area (Å²) in [5.41, 5.74) is 5.88. The Labute approximate surface area is 97.8 Å². The largest absolute Gasteiger partial charge is 0.385 e. The maximum atomic E-state index is 11.6. The van der Waals surface area contributed by atoms with Gasteiger partial charge in [-0.2, -0.15) is 0 Å². The summed E-state index contributed by atoms with van der Waals surface area (Å²) in [5.74, 6) is 0.431. The molecule has 0 saturated heterocycles. The molecule has 0 aromatic rings. The molecule has 0 spiro atoms. The van der Waals surface area contributed by atoms with Gasteiger partial charge < -0.3 is 10.5 Å². The number of methoxy groups -OCH3 is 1. The molecule has 0 heterocycles. The highest BCUT2D eigenvalue weighted by Gasteiger charge is 2.25. The van der Waals surface area contributed by atoms with E-state index in [9.17, 15) is 8.42 Å². The highest BCUT2D eigenvalue weighted by atomic mass is 32.2. The average molecular weight is 250 g/mol. The van der Waals surface area contributed by atoms with E-state index in [-0.39, 0.29) is 11.8 Å². The van der Waals surface area contributed by atoms with E-state index in [1.165, 1.54) is 0 Å². The van der Waals surface area contributed by atoms with Gasteiger partial charge in [0.1, 0.15) is 0 Å². The fourth-order valence-electron chi connectivity index (χ4n) is 2.02. The second-order valence-corrected chi connectivity index (χ2v) is 6.29. The van der Waals surface area contributed by atoms with E-state index in [0.29, 0.717) is 25.5 Å². The quantitative estimate of drug-likeness (QED) is 0.627. The summed E-state index contributed by atoms with van der Waals surface area (Å²) in [7, 11) is -1.58. The van der Waals surface area contributed by atoms with Gasteiger partial charge in [0.15, 0.2) is 0 Å². The van der Waals surface area contributed by atoms with Crippen LogP contribution in [-0.4, -0.2) is 40.5 Å². The number of nitrogens with one attached hydrogen (secondary N) is 1. The van der Waals surface area contributed by atoms with Gasteiger partial charge in [0.05, 0.1) is 5.75 Å². The van der Waals surface area contributed by atoms with Crippen LogP contribution in [0.2, 0.25) is 0 Å². The lowest BCUT2D eigenvalue weighted by atomic mass is 10.1. The van der Waals surface area contributed by atoms with Crippen molar-refractivity contribution >= 4 is 10.0 Å². The lowest BCUT2D eigenvalue weighted by molar-refractivity contribution is 0.199. The second-order valence-electron chi connectivity index (χ2n) is 4.37. The van der Waals surface area contributed by atoms with E-state index >= 15 is 0 Å². The molecule has 96 valence electrons. The highest BCUT2D eigenvalue weighted by molar-refractivity contribution is 7.89. The van der Waals surface area contributed by atoms with Crippen molar-refractivity contribution < 1.29 is 13.2 Å². The lowest BCUT2D eigenvalue weighted by Gasteiger charge is -2.15. The summed E-state index contributed by atoms with van der Waals surface area (Å²) in [6.07, 6.45) is 3.68. The Morgan fingerprint density at radius 2 is 2.19 bits per heavy atom. The third kappa shape index (κ3) is 4.78. The molecular weight excluding hydrogens is 228 g/mol. The zero-order valence-electron chi connectivity index (χ0n) is 9.81. The summed E-state index contributed by atoms with van der Waals surface area (Å²) in [6, 6.07) is 0.154. The Morgan fingerprint density at radius 3 is 2.75 bits per heavy atom. The van der Waals surface area contributed by atoms with Crippen LogP contribution in [-0.2, 0) is 14.8 Å².